The van der Waals surface area contributed by atoms with Crippen molar-refractivity contribution in [2.45, 2.75) is 37.6 Å². The summed E-state index contributed by atoms with van der Waals surface area (Å²) in [6, 6.07) is 2.09. The summed E-state index contributed by atoms with van der Waals surface area (Å²) in [5.74, 6) is 0.705. The largest absolute Gasteiger partial charge is 0.338 e. The van der Waals surface area contributed by atoms with Crippen LogP contribution in [-0.4, -0.2) is 56.0 Å². The molecule has 0 N–H and O–H groups in total. The lowest BCUT2D eigenvalue weighted by molar-refractivity contribution is 0.0690. The molecule has 2 aliphatic rings. The van der Waals surface area contributed by atoms with E-state index in [-0.39, 0.29) is 11.9 Å². The first-order chi connectivity index (χ1) is 10.4. The molecule has 0 spiro atoms. The third-order valence-corrected chi connectivity index (χ3v) is 6.96. The van der Waals surface area contributed by atoms with Crippen molar-refractivity contribution < 1.29 is 13.2 Å². The molecule has 3 rings (SSSR count). The van der Waals surface area contributed by atoms with Crippen LogP contribution in [0, 0.1) is 0 Å². The van der Waals surface area contributed by atoms with E-state index in [1.165, 1.54) is 40.3 Å². The smallest absolute Gasteiger partial charge is 0.264 e. The zero-order chi connectivity index (χ0) is 15.9. The summed E-state index contributed by atoms with van der Waals surface area (Å²) >= 11 is 1.53. The number of nitrogens with zero attached hydrogens (tertiary/aromatic N) is 2. The average Bonchev–Trinajstić information content (AvgIpc) is 3.22. The molecule has 1 aliphatic heterocycles. The van der Waals surface area contributed by atoms with Crippen LogP contribution in [0.15, 0.2) is 11.4 Å². The molecule has 0 bridgehead atoms. The fourth-order valence-corrected chi connectivity index (χ4v) is 4.76. The molecule has 1 amide bonds. The summed E-state index contributed by atoms with van der Waals surface area (Å²) in [5.41, 5.74) is 1.21. The number of thiophene rings is 1. The van der Waals surface area contributed by atoms with Gasteiger partial charge >= 0.3 is 0 Å². The zero-order valence-corrected chi connectivity index (χ0v) is 14.6. The molecule has 22 heavy (non-hydrogen) atoms. The molecule has 1 aromatic heterocycles. The minimum atomic E-state index is -3.16. The van der Waals surface area contributed by atoms with Gasteiger partial charge < -0.3 is 4.90 Å². The predicted molar refractivity (Wildman–Crippen MR) is 87.8 cm³/mol. The molecule has 0 unspecified atom stereocenters. The van der Waals surface area contributed by atoms with Gasteiger partial charge in [0.2, 0.25) is 10.0 Å². The Bertz CT molecular complexity index is 656. The molecule has 1 saturated heterocycles. The number of amides is 1. The van der Waals surface area contributed by atoms with E-state index >= 15 is 0 Å². The van der Waals surface area contributed by atoms with Gasteiger partial charge in [-0.2, -0.15) is 0 Å². The highest BCUT2D eigenvalue weighted by atomic mass is 32.2. The van der Waals surface area contributed by atoms with Crippen molar-refractivity contribution in [1.29, 1.82) is 0 Å². The van der Waals surface area contributed by atoms with Crippen molar-refractivity contribution in [1.82, 2.24) is 9.21 Å². The van der Waals surface area contributed by atoms with E-state index in [4.69, 9.17) is 0 Å². The first kappa shape index (κ1) is 16.0. The number of hydrogen-bond acceptors (Lipinski definition) is 4. The van der Waals surface area contributed by atoms with E-state index in [1.807, 2.05) is 10.3 Å². The SMILES string of the molecule is CN(C1CCN(C(=O)c2sccc2C2CC2)CC1)S(C)(=O)=O. The molecule has 1 aliphatic carbocycles. The van der Waals surface area contributed by atoms with E-state index in [9.17, 15) is 13.2 Å². The van der Waals surface area contributed by atoms with E-state index < -0.39 is 10.0 Å². The number of rotatable bonds is 4. The van der Waals surface area contributed by atoms with Gasteiger partial charge in [-0.05, 0) is 48.6 Å². The lowest BCUT2D eigenvalue weighted by atomic mass is 10.0. The van der Waals surface area contributed by atoms with Gasteiger partial charge in [-0.15, -0.1) is 11.3 Å². The first-order valence-electron chi connectivity index (χ1n) is 7.67. The van der Waals surface area contributed by atoms with E-state index in [0.717, 1.165) is 4.88 Å². The van der Waals surface area contributed by atoms with Crippen molar-refractivity contribution in [2.75, 3.05) is 26.4 Å². The summed E-state index contributed by atoms with van der Waals surface area (Å²) in [4.78, 5) is 15.5. The molecule has 122 valence electrons. The van der Waals surface area contributed by atoms with E-state index in [1.54, 1.807) is 7.05 Å². The standard InChI is InChI=1S/C15H22N2O3S2/c1-16(22(2,19)20)12-5-8-17(9-6-12)15(18)14-13(7-10-21-14)11-3-4-11/h7,10-12H,3-6,8-9H2,1-2H3. The molecule has 0 aromatic carbocycles. The number of piperidine rings is 1. The quantitative estimate of drug-likeness (QED) is 0.842. The molecule has 0 atom stereocenters. The van der Waals surface area contributed by atoms with Crippen LogP contribution in [0.5, 0.6) is 0 Å². The maximum Gasteiger partial charge on any atom is 0.264 e. The van der Waals surface area contributed by atoms with Gasteiger partial charge in [0.05, 0.1) is 11.1 Å². The summed E-state index contributed by atoms with van der Waals surface area (Å²) in [7, 11) is -1.53. The fourth-order valence-electron chi connectivity index (χ4n) is 3.06. The van der Waals surface area contributed by atoms with Gasteiger partial charge in [0.15, 0.2) is 0 Å². The van der Waals surface area contributed by atoms with Crippen LogP contribution in [0.1, 0.15) is 46.8 Å². The van der Waals surface area contributed by atoms with Crippen LogP contribution < -0.4 is 0 Å². The number of hydrogen-bond donors (Lipinski definition) is 0. The topological polar surface area (TPSA) is 57.7 Å². The summed E-state index contributed by atoms with van der Waals surface area (Å²) in [6.45, 7) is 1.26. The second-order valence-corrected chi connectivity index (χ2v) is 9.24. The lowest BCUT2D eigenvalue weighted by Crippen LogP contribution is -2.47. The molecule has 5 nitrogen and oxygen atoms in total. The summed E-state index contributed by atoms with van der Waals surface area (Å²) in [6.07, 6.45) is 5.04. The Morgan fingerprint density at radius 3 is 2.45 bits per heavy atom. The van der Waals surface area contributed by atoms with Crippen LogP contribution in [0.4, 0.5) is 0 Å². The summed E-state index contributed by atoms with van der Waals surface area (Å²) in [5, 5.41) is 2.01. The van der Waals surface area contributed by atoms with Gasteiger partial charge in [0.1, 0.15) is 0 Å². The maximum atomic E-state index is 12.7. The highest BCUT2D eigenvalue weighted by Crippen LogP contribution is 2.43. The van der Waals surface area contributed by atoms with Crippen molar-refractivity contribution >= 4 is 27.3 Å². The monoisotopic (exact) mass is 342 g/mol. The predicted octanol–water partition coefficient (Wildman–Crippen LogP) is 2.12. The molecule has 1 aromatic rings. The summed E-state index contributed by atoms with van der Waals surface area (Å²) < 4.78 is 24.7. The minimum absolute atomic E-state index is 0.00490. The molecular weight excluding hydrogens is 320 g/mol. The van der Waals surface area contributed by atoms with Crippen molar-refractivity contribution in [2.24, 2.45) is 0 Å². The van der Waals surface area contributed by atoms with Crippen molar-refractivity contribution in [3.05, 3.63) is 21.9 Å². The molecule has 2 fully saturated rings. The van der Waals surface area contributed by atoms with Gasteiger partial charge in [-0.1, -0.05) is 0 Å². The zero-order valence-electron chi connectivity index (χ0n) is 13.0. The lowest BCUT2D eigenvalue weighted by Gasteiger charge is -2.35. The number of carbonyl (C=O) groups is 1. The Hall–Kier alpha value is -0.920. The number of sulfonamides is 1. The van der Waals surface area contributed by atoms with Crippen LogP contribution in [-0.2, 0) is 10.0 Å². The minimum Gasteiger partial charge on any atom is -0.338 e. The third kappa shape index (κ3) is 3.21. The highest BCUT2D eigenvalue weighted by Gasteiger charge is 2.33. The van der Waals surface area contributed by atoms with E-state index in [0.29, 0.717) is 31.8 Å². The van der Waals surface area contributed by atoms with Crippen molar-refractivity contribution in [3.8, 4) is 0 Å². The molecule has 1 saturated carbocycles. The number of carbonyl (C=O) groups excluding carboxylic acids is 1. The Morgan fingerprint density at radius 2 is 1.91 bits per heavy atom. The maximum absolute atomic E-state index is 12.7. The Morgan fingerprint density at radius 1 is 1.27 bits per heavy atom. The van der Waals surface area contributed by atoms with Gasteiger partial charge in [-0.25, -0.2) is 12.7 Å². The van der Waals surface area contributed by atoms with Gasteiger partial charge in [-0.3, -0.25) is 4.79 Å². The van der Waals surface area contributed by atoms with Crippen LogP contribution in [0.3, 0.4) is 0 Å². The second kappa shape index (κ2) is 5.94. The molecule has 2 heterocycles. The third-order valence-electron chi connectivity index (χ3n) is 4.70. The van der Waals surface area contributed by atoms with Gasteiger partial charge in [0.25, 0.3) is 5.91 Å². The van der Waals surface area contributed by atoms with Crippen molar-refractivity contribution in [3.63, 3.8) is 0 Å². The Kier molecular flexibility index (Phi) is 4.31. The molecule has 0 radical (unpaired) electrons. The van der Waals surface area contributed by atoms with Crippen LogP contribution >= 0.6 is 11.3 Å². The molecular formula is C15H22N2O3S2. The molecule has 7 heteroatoms. The van der Waals surface area contributed by atoms with Crippen LogP contribution in [0.25, 0.3) is 0 Å². The second-order valence-electron chi connectivity index (χ2n) is 6.28. The average molecular weight is 342 g/mol. The highest BCUT2D eigenvalue weighted by molar-refractivity contribution is 7.88. The number of likely N-dealkylation sites (tertiary alicyclic amines) is 1. The Labute approximate surface area is 136 Å². The van der Waals surface area contributed by atoms with Crippen LogP contribution in [0.2, 0.25) is 0 Å². The normalized spacial score (nSPS) is 20.6. The van der Waals surface area contributed by atoms with E-state index in [2.05, 4.69) is 6.07 Å². The fraction of sp³-hybridized carbons (Fsp3) is 0.667. The Balaban J connectivity index is 1.64. The first-order valence-corrected chi connectivity index (χ1v) is 10.4. The van der Waals surface area contributed by atoms with Gasteiger partial charge in [0, 0.05) is 26.2 Å².